The number of aliphatic imine (C=N–C) groups is 1. The lowest BCUT2D eigenvalue weighted by molar-refractivity contribution is -0.223. The van der Waals surface area contributed by atoms with E-state index in [4.69, 9.17) is 27.9 Å². The predicted molar refractivity (Wildman–Crippen MR) is 121 cm³/mol. The normalized spacial score (nSPS) is 17.7. The fourth-order valence-corrected chi connectivity index (χ4v) is 4.70. The molecule has 1 aliphatic carbocycles. The van der Waals surface area contributed by atoms with Crippen LogP contribution in [0.4, 0.5) is 0 Å². The molecule has 0 heterocycles. The molecule has 1 N–H and O–H groups in total. The number of halogens is 2. The van der Waals surface area contributed by atoms with Crippen LogP contribution < -0.4 is 5.11 Å². The Morgan fingerprint density at radius 3 is 2.30 bits per heavy atom. The number of hydrogen-bond acceptors (Lipinski definition) is 4. The quantitative estimate of drug-likeness (QED) is 0.460. The Labute approximate surface area is 188 Å². The van der Waals surface area contributed by atoms with Crippen LogP contribution in [-0.4, -0.2) is 36.9 Å². The van der Waals surface area contributed by atoms with Gasteiger partial charge in [-0.25, -0.2) is 0 Å². The molecule has 1 aliphatic rings. The Balaban J connectivity index is 1.78. The fourth-order valence-electron chi connectivity index (χ4n) is 4.17. The van der Waals surface area contributed by atoms with Crippen molar-refractivity contribution in [1.82, 2.24) is 0 Å². The van der Waals surface area contributed by atoms with Crippen LogP contribution in [-0.2, 0) is 11.2 Å². The zero-order valence-corrected chi connectivity index (χ0v) is 18.7. The van der Waals surface area contributed by atoms with Gasteiger partial charge in [0.1, 0.15) is 0 Å². The third kappa shape index (κ3) is 6.45. The van der Waals surface area contributed by atoms with Crippen molar-refractivity contribution >= 4 is 29.1 Å². The summed E-state index contributed by atoms with van der Waals surface area (Å²) in [5, 5.41) is 24.3. The Bertz CT molecular complexity index is 828. The predicted octanol–water partition coefficient (Wildman–Crippen LogP) is 4.92. The number of aliphatic hydroxyl groups excluding tert-OH is 1. The molecular weight excluding hydrogens is 421 g/mol. The Morgan fingerprint density at radius 1 is 1.07 bits per heavy atom. The van der Waals surface area contributed by atoms with E-state index in [9.17, 15) is 10.2 Å². The monoisotopic (exact) mass is 448 g/mol. The molecule has 0 saturated heterocycles. The number of benzene rings is 2. The van der Waals surface area contributed by atoms with Crippen molar-refractivity contribution in [1.29, 1.82) is 0 Å². The summed E-state index contributed by atoms with van der Waals surface area (Å²) in [6, 6.07) is 13.0. The number of rotatable bonds is 8. The van der Waals surface area contributed by atoms with Gasteiger partial charge >= 0.3 is 0 Å². The van der Waals surface area contributed by atoms with E-state index in [1.54, 1.807) is 6.07 Å². The minimum atomic E-state index is -0.627. The van der Waals surface area contributed by atoms with E-state index in [1.807, 2.05) is 36.4 Å². The van der Waals surface area contributed by atoms with Crippen molar-refractivity contribution in [2.24, 2.45) is 10.9 Å². The van der Waals surface area contributed by atoms with Crippen LogP contribution in [0.25, 0.3) is 11.1 Å². The highest BCUT2D eigenvalue weighted by Gasteiger charge is 2.28. The molecule has 0 spiro atoms. The zero-order valence-electron chi connectivity index (χ0n) is 17.2. The van der Waals surface area contributed by atoms with Crippen LogP contribution in [0.3, 0.4) is 0 Å². The topological polar surface area (TPSA) is 64.9 Å². The first-order chi connectivity index (χ1) is 14.5. The summed E-state index contributed by atoms with van der Waals surface area (Å²) >= 11 is 12.2. The Hall–Kier alpha value is -1.59. The molecule has 3 rings (SSSR count). The maximum atomic E-state index is 12.1. The van der Waals surface area contributed by atoms with Gasteiger partial charge in [0.15, 0.2) is 0 Å². The third-order valence-corrected chi connectivity index (χ3v) is 6.14. The molecule has 2 aromatic carbocycles. The average Bonchev–Trinajstić information content (AvgIpc) is 2.73. The van der Waals surface area contributed by atoms with E-state index in [-0.39, 0.29) is 18.4 Å². The molecular formula is C24H28Cl2NO3-. The summed E-state index contributed by atoms with van der Waals surface area (Å²) in [4.78, 5) is 4.29. The molecule has 2 atom stereocenters. The lowest BCUT2D eigenvalue weighted by atomic mass is 9.81. The molecule has 0 amide bonds. The molecule has 0 aliphatic heterocycles. The van der Waals surface area contributed by atoms with E-state index in [1.165, 1.54) is 13.5 Å². The first-order valence-corrected chi connectivity index (χ1v) is 11.2. The summed E-state index contributed by atoms with van der Waals surface area (Å²) in [5.74, 6) is -0.140. The molecule has 0 aromatic heterocycles. The van der Waals surface area contributed by atoms with Crippen molar-refractivity contribution in [2.75, 3.05) is 13.7 Å². The van der Waals surface area contributed by atoms with Gasteiger partial charge in [-0.15, -0.1) is 0 Å². The standard InChI is InChI=1S/C24H29Cl2NO3/c1-30-15-23(28)27-22(24(29)18-5-3-2-4-6-18)11-16-7-9-17(10-8-16)19-12-20(25)14-21(26)13-19/h7-10,12-14,18,22,24,29H,2-6,11,15H2,1H3,(H,27,28)/p-1/t22?,24-/m1/s1. The maximum Gasteiger partial charge on any atom is 0.0794 e. The third-order valence-electron chi connectivity index (χ3n) is 5.70. The zero-order chi connectivity index (χ0) is 21.5. The lowest BCUT2D eigenvalue weighted by Crippen LogP contribution is -2.37. The van der Waals surface area contributed by atoms with Crippen LogP contribution in [0.15, 0.2) is 47.5 Å². The van der Waals surface area contributed by atoms with Crippen molar-refractivity contribution in [3.8, 4) is 11.1 Å². The molecule has 4 nitrogen and oxygen atoms in total. The van der Waals surface area contributed by atoms with Crippen molar-refractivity contribution < 1.29 is 14.9 Å². The highest BCUT2D eigenvalue weighted by molar-refractivity contribution is 6.35. The number of nitrogens with zero attached hydrogens (tertiary/aromatic N) is 1. The highest BCUT2D eigenvalue weighted by Crippen LogP contribution is 2.31. The van der Waals surface area contributed by atoms with Crippen LogP contribution in [0.5, 0.6) is 0 Å². The first kappa shape index (κ1) is 23.1. The van der Waals surface area contributed by atoms with Gasteiger partial charge in [-0.1, -0.05) is 66.7 Å². The van der Waals surface area contributed by atoms with Gasteiger partial charge in [0, 0.05) is 17.2 Å². The maximum absolute atomic E-state index is 12.1. The van der Waals surface area contributed by atoms with Gasteiger partial charge in [0.25, 0.3) is 0 Å². The van der Waals surface area contributed by atoms with Crippen molar-refractivity contribution in [2.45, 2.75) is 50.7 Å². The summed E-state index contributed by atoms with van der Waals surface area (Å²) in [7, 11) is 1.47. The minimum absolute atomic E-state index is 0.0671. The van der Waals surface area contributed by atoms with Crippen molar-refractivity contribution in [3.63, 3.8) is 0 Å². The van der Waals surface area contributed by atoms with Crippen LogP contribution in [0.1, 0.15) is 37.7 Å². The van der Waals surface area contributed by atoms with Crippen LogP contribution >= 0.6 is 23.2 Å². The smallest absolute Gasteiger partial charge is 0.0794 e. The van der Waals surface area contributed by atoms with Gasteiger partial charge in [-0.05, 0) is 66.0 Å². The highest BCUT2D eigenvalue weighted by atomic mass is 35.5. The van der Waals surface area contributed by atoms with Gasteiger partial charge in [-0.3, -0.25) is 4.99 Å². The molecule has 2 aromatic rings. The van der Waals surface area contributed by atoms with Crippen LogP contribution in [0.2, 0.25) is 10.0 Å². The SMILES string of the molecule is COCC([O-])=NC(Cc1ccc(-c2cc(Cl)cc(Cl)c2)cc1)[C@H](O)C1CCCCC1. The van der Waals surface area contributed by atoms with E-state index < -0.39 is 12.1 Å². The van der Waals surface area contributed by atoms with E-state index >= 15 is 0 Å². The van der Waals surface area contributed by atoms with Gasteiger partial charge in [-0.2, -0.15) is 0 Å². The van der Waals surface area contributed by atoms with E-state index in [2.05, 4.69) is 4.99 Å². The average molecular weight is 449 g/mol. The van der Waals surface area contributed by atoms with Gasteiger partial charge < -0.3 is 14.9 Å². The Kier molecular flexibility index (Phi) is 8.58. The minimum Gasteiger partial charge on any atom is -0.860 e. The Morgan fingerprint density at radius 2 is 1.70 bits per heavy atom. The number of hydrogen-bond donors (Lipinski definition) is 1. The molecule has 162 valence electrons. The second kappa shape index (κ2) is 11.1. The molecule has 0 radical (unpaired) electrons. The molecule has 30 heavy (non-hydrogen) atoms. The lowest BCUT2D eigenvalue weighted by Gasteiger charge is -2.31. The number of aliphatic hydroxyl groups is 1. The van der Waals surface area contributed by atoms with E-state index in [0.29, 0.717) is 16.5 Å². The largest absolute Gasteiger partial charge is 0.860 e. The van der Waals surface area contributed by atoms with E-state index in [0.717, 1.165) is 42.4 Å². The van der Waals surface area contributed by atoms with Gasteiger partial charge in [0.2, 0.25) is 0 Å². The second-order valence-corrected chi connectivity index (χ2v) is 8.84. The van der Waals surface area contributed by atoms with Crippen LogP contribution in [0, 0.1) is 5.92 Å². The summed E-state index contributed by atoms with van der Waals surface area (Å²) in [6.45, 7) is -0.0671. The summed E-state index contributed by atoms with van der Waals surface area (Å²) in [5.41, 5.74) is 2.96. The molecule has 6 heteroatoms. The molecule has 1 unspecified atom stereocenters. The molecule has 1 saturated carbocycles. The summed E-state index contributed by atoms with van der Waals surface area (Å²) in [6.07, 6.45) is 5.30. The fraction of sp³-hybridized carbons (Fsp3) is 0.458. The first-order valence-electron chi connectivity index (χ1n) is 10.4. The molecule has 1 fully saturated rings. The number of methoxy groups -OCH3 is 1. The number of ether oxygens (including phenoxy) is 1. The summed E-state index contributed by atoms with van der Waals surface area (Å²) < 4.78 is 4.92. The second-order valence-electron chi connectivity index (χ2n) is 7.97. The van der Waals surface area contributed by atoms with Crippen molar-refractivity contribution in [3.05, 3.63) is 58.1 Å². The van der Waals surface area contributed by atoms with Gasteiger partial charge in [0.05, 0.1) is 18.8 Å². The molecule has 0 bridgehead atoms.